The highest BCUT2D eigenvalue weighted by Gasteiger charge is 2.09. The van der Waals surface area contributed by atoms with Gasteiger partial charge in [-0.1, -0.05) is 0 Å². The van der Waals surface area contributed by atoms with Crippen molar-refractivity contribution in [2.24, 2.45) is 10.9 Å². The van der Waals surface area contributed by atoms with E-state index in [9.17, 15) is 4.79 Å². The Balaban J connectivity index is 2.84. The van der Waals surface area contributed by atoms with Crippen molar-refractivity contribution in [3.63, 3.8) is 0 Å². The highest BCUT2D eigenvalue weighted by molar-refractivity contribution is 5.81. The molecule has 0 radical (unpaired) electrons. The average molecular weight is 265 g/mol. The van der Waals surface area contributed by atoms with Crippen molar-refractivity contribution >= 4 is 12.1 Å². The molecule has 0 aliphatic carbocycles. The Hall–Kier alpha value is -2.24. The lowest BCUT2D eigenvalue weighted by atomic mass is 10.2. The molecule has 0 spiro atoms. The average Bonchev–Trinajstić information content (AvgIpc) is 2.38. The fraction of sp³-hybridized carbons (Fsp3) is 0.385. The van der Waals surface area contributed by atoms with Gasteiger partial charge in [-0.15, -0.1) is 0 Å². The van der Waals surface area contributed by atoms with E-state index in [0.717, 1.165) is 5.56 Å². The first-order valence-corrected chi connectivity index (χ1v) is 5.91. The number of hydrazone groups is 1. The number of benzene rings is 1. The number of carbonyl (C=O) groups is 1. The second-order valence-electron chi connectivity index (χ2n) is 3.99. The van der Waals surface area contributed by atoms with Gasteiger partial charge in [0, 0.05) is 14.1 Å². The van der Waals surface area contributed by atoms with Gasteiger partial charge in [0.15, 0.2) is 18.1 Å². The molecule has 1 aromatic carbocycles. The molecule has 104 valence electrons. The molecule has 0 unspecified atom stereocenters. The summed E-state index contributed by atoms with van der Waals surface area (Å²) in [5.74, 6) is 6.07. The largest absolute Gasteiger partial charge is 0.490 e. The summed E-state index contributed by atoms with van der Waals surface area (Å²) in [5.41, 5.74) is 0.803. The normalized spacial score (nSPS) is 10.5. The standard InChI is InChI=1S/C13H19N3O3/c1-4-18-12-7-10(8-15-14)5-6-11(12)19-9-13(17)16(2)3/h5-8H,4,9,14H2,1-3H3/b15-8-. The SMILES string of the molecule is CCOc1cc(/C=N\N)ccc1OCC(=O)N(C)C. The Morgan fingerprint density at radius 3 is 2.68 bits per heavy atom. The van der Waals surface area contributed by atoms with Gasteiger partial charge in [0.05, 0.1) is 12.8 Å². The van der Waals surface area contributed by atoms with Crippen LogP contribution < -0.4 is 15.3 Å². The minimum absolute atomic E-state index is 0.0304. The number of amides is 1. The third kappa shape index (κ3) is 4.50. The van der Waals surface area contributed by atoms with E-state index >= 15 is 0 Å². The van der Waals surface area contributed by atoms with Gasteiger partial charge in [0.2, 0.25) is 0 Å². The van der Waals surface area contributed by atoms with Crippen LogP contribution in [0.3, 0.4) is 0 Å². The first kappa shape index (κ1) is 14.8. The smallest absolute Gasteiger partial charge is 0.259 e. The van der Waals surface area contributed by atoms with E-state index in [1.165, 1.54) is 11.1 Å². The quantitative estimate of drug-likeness (QED) is 0.470. The highest BCUT2D eigenvalue weighted by Crippen LogP contribution is 2.28. The molecule has 6 nitrogen and oxygen atoms in total. The molecule has 6 heteroatoms. The summed E-state index contributed by atoms with van der Waals surface area (Å²) in [5, 5.41) is 3.45. The number of nitrogens with zero attached hydrogens (tertiary/aromatic N) is 2. The Bertz CT molecular complexity index is 458. The summed E-state index contributed by atoms with van der Waals surface area (Å²) >= 11 is 0. The van der Waals surface area contributed by atoms with Crippen LogP contribution in [0.25, 0.3) is 0 Å². The van der Waals surface area contributed by atoms with Crippen molar-refractivity contribution in [2.45, 2.75) is 6.92 Å². The molecular weight excluding hydrogens is 246 g/mol. The molecule has 0 aromatic heterocycles. The van der Waals surface area contributed by atoms with Crippen LogP contribution >= 0.6 is 0 Å². The van der Waals surface area contributed by atoms with Crippen molar-refractivity contribution in [3.8, 4) is 11.5 Å². The zero-order valence-corrected chi connectivity index (χ0v) is 11.4. The molecule has 0 fully saturated rings. The number of rotatable bonds is 6. The lowest BCUT2D eigenvalue weighted by Crippen LogP contribution is -2.27. The third-order valence-electron chi connectivity index (χ3n) is 2.34. The van der Waals surface area contributed by atoms with Crippen molar-refractivity contribution in [1.29, 1.82) is 0 Å². The maximum Gasteiger partial charge on any atom is 0.259 e. The lowest BCUT2D eigenvalue weighted by Gasteiger charge is -2.14. The summed E-state index contributed by atoms with van der Waals surface area (Å²) in [4.78, 5) is 12.9. The Morgan fingerprint density at radius 1 is 1.37 bits per heavy atom. The number of likely N-dealkylation sites (N-methyl/N-ethyl adjacent to an activating group) is 1. The summed E-state index contributed by atoms with van der Waals surface area (Å²) < 4.78 is 10.9. The monoisotopic (exact) mass is 265 g/mol. The Labute approximate surface area is 112 Å². The second kappa shape index (κ2) is 7.25. The third-order valence-corrected chi connectivity index (χ3v) is 2.34. The second-order valence-corrected chi connectivity index (χ2v) is 3.99. The maximum absolute atomic E-state index is 11.5. The van der Waals surface area contributed by atoms with Crippen molar-refractivity contribution in [3.05, 3.63) is 23.8 Å². The van der Waals surface area contributed by atoms with Gasteiger partial charge in [0.25, 0.3) is 5.91 Å². The molecule has 0 aliphatic heterocycles. The van der Waals surface area contributed by atoms with Gasteiger partial charge in [0.1, 0.15) is 0 Å². The van der Waals surface area contributed by atoms with Gasteiger partial charge < -0.3 is 20.2 Å². The fourth-order valence-corrected chi connectivity index (χ4v) is 1.35. The zero-order chi connectivity index (χ0) is 14.3. The molecule has 0 atom stereocenters. The van der Waals surface area contributed by atoms with E-state index in [2.05, 4.69) is 5.10 Å². The van der Waals surface area contributed by atoms with Crippen LogP contribution in [0.4, 0.5) is 0 Å². The van der Waals surface area contributed by atoms with Crippen molar-refractivity contribution in [2.75, 3.05) is 27.3 Å². The highest BCUT2D eigenvalue weighted by atomic mass is 16.5. The van der Waals surface area contributed by atoms with E-state index in [4.69, 9.17) is 15.3 Å². The predicted molar refractivity (Wildman–Crippen MR) is 73.6 cm³/mol. The number of nitrogens with two attached hydrogens (primary N) is 1. The van der Waals surface area contributed by atoms with E-state index in [1.807, 2.05) is 6.92 Å². The molecule has 19 heavy (non-hydrogen) atoms. The van der Waals surface area contributed by atoms with Crippen LogP contribution in [-0.2, 0) is 4.79 Å². The van der Waals surface area contributed by atoms with Crippen LogP contribution in [0.5, 0.6) is 11.5 Å². The van der Waals surface area contributed by atoms with Gasteiger partial charge in [-0.3, -0.25) is 4.79 Å². The minimum Gasteiger partial charge on any atom is -0.490 e. The minimum atomic E-state index is -0.116. The maximum atomic E-state index is 11.5. The van der Waals surface area contributed by atoms with Crippen molar-refractivity contribution in [1.82, 2.24) is 4.90 Å². The summed E-state index contributed by atoms with van der Waals surface area (Å²) in [6.07, 6.45) is 1.51. The summed E-state index contributed by atoms with van der Waals surface area (Å²) in [6.45, 7) is 2.34. The van der Waals surface area contributed by atoms with Gasteiger partial charge in [-0.25, -0.2) is 0 Å². The molecule has 1 amide bonds. The molecule has 0 saturated heterocycles. The molecule has 0 saturated carbocycles. The van der Waals surface area contributed by atoms with Gasteiger partial charge >= 0.3 is 0 Å². The molecular formula is C13H19N3O3. The zero-order valence-electron chi connectivity index (χ0n) is 11.4. The van der Waals surface area contributed by atoms with Crippen molar-refractivity contribution < 1.29 is 14.3 Å². The molecule has 1 rings (SSSR count). The van der Waals surface area contributed by atoms with Crippen LogP contribution in [0.1, 0.15) is 12.5 Å². The van der Waals surface area contributed by atoms with E-state index < -0.39 is 0 Å². The first-order valence-electron chi connectivity index (χ1n) is 5.91. The van der Waals surface area contributed by atoms with Crippen LogP contribution in [0, 0.1) is 0 Å². The Kier molecular flexibility index (Phi) is 5.66. The van der Waals surface area contributed by atoms with Gasteiger partial charge in [-0.2, -0.15) is 5.10 Å². The first-order chi connectivity index (χ1) is 9.08. The van der Waals surface area contributed by atoms with E-state index in [0.29, 0.717) is 18.1 Å². The van der Waals surface area contributed by atoms with E-state index in [-0.39, 0.29) is 12.5 Å². The molecule has 0 heterocycles. The predicted octanol–water partition coefficient (Wildman–Crippen LogP) is 0.845. The number of carbonyl (C=O) groups excluding carboxylic acids is 1. The lowest BCUT2D eigenvalue weighted by molar-refractivity contribution is -0.130. The van der Waals surface area contributed by atoms with Gasteiger partial charge in [-0.05, 0) is 30.7 Å². The number of hydrogen-bond acceptors (Lipinski definition) is 5. The molecule has 1 aromatic rings. The van der Waals surface area contributed by atoms with Crippen LogP contribution in [0.15, 0.2) is 23.3 Å². The number of hydrogen-bond donors (Lipinski definition) is 1. The fourth-order valence-electron chi connectivity index (χ4n) is 1.35. The topological polar surface area (TPSA) is 77.1 Å². The molecule has 0 aliphatic rings. The van der Waals surface area contributed by atoms with Crippen LogP contribution in [0.2, 0.25) is 0 Å². The Morgan fingerprint density at radius 2 is 2.11 bits per heavy atom. The molecule has 0 bridgehead atoms. The summed E-state index contributed by atoms with van der Waals surface area (Å²) in [6, 6.07) is 5.27. The summed E-state index contributed by atoms with van der Waals surface area (Å²) in [7, 11) is 3.35. The van der Waals surface area contributed by atoms with Crippen LogP contribution in [-0.4, -0.2) is 44.3 Å². The number of ether oxygens (including phenoxy) is 2. The van der Waals surface area contributed by atoms with E-state index in [1.54, 1.807) is 32.3 Å². The molecule has 2 N–H and O–H groups in total.